The maximum absolute atomic E-state index is 12.4. The van der Waals surface area contributed by atoms with Gasteiger partial charge in [0, 0.05) is 24.3 Å². The van der Waals surface area contributed by atoms with Gasteiger partial charge in [-0.1, -0.05) is 12.1 Å². The van der Waals surface area contributed by atoms with E-state index in [0.29, 0.717) is 24.4 Å². The Bertz CT molecular complexity index is 949. The molecule has 3 rings (SSSR count). The van der Waals surface area contributed by atoms with Crippen LogP contribution >= 0.6 is 0 Å². The molecule has 0 radical (unpaired) electrons. The Morgan fingerprint density at radius 1 is 0.967 bits per heavy atom. The van der Waals surface area contributed by atoms with E-state index < -0.39 is 0 Å². The van der Waals surface area contributed by atoms with Crippen LogP contribution in [0.5, 0.6) is 5.75 Å². The molecule has 2 N–H and O–H groups in total. The van der Waals surface area contributed by atoms with Gasteiger partial charge in [-0.25, -0.2) is 0 Å². The summed E-state index contributed by atoms with van der Waals surface area (Å²) in [5, 5.41) is 5.60. The lowest BCUT2D eigenvalue weighted by atomic mass is 10.1. The summed E-state index contributed by atoms with van der Waals surface area (Å²) in [7, 11) is 4.00. The Labute approximate surface area is 175 Å². The van der Waals surface area contributed by atoms with Gasteiger partial charge in [-0.2, -0.15) is 0 Å². The van der Waals surface area contributed by atoms with Crippen LogP contribution in [0.3, 0.4) is 0 Å². The van der Waals surface area contributed by atoms with Gasteiger partial charge in [-0.15, -0.1) is 0 Å². The molecule has 0 bridgehead atoms. The number of carbonyl (C=O) groups is 2. The van der Waals surface area contributed by atoms with Crippen LogP contribution in [0.25, 0.3) is 0 Å². The van der Waals surface area contributed by atoms with Gasteiger partial charge < -0.3 is 24.7 Å². The van der Waals surface area contributed by atoms with Gasteiger partial charge >= 0.3 is 0 Å². The molecular weight excluding hydrogens is 382 g/mol. The molecule has 0 atom stereocenters. The molecular formula is C23H25N3O4. The van der Waals surface area contributed by atoms with E-state index >= 15 is 0 Å². The molecule has 3 aromatic rings. The number of carbonyl (C=O) groups excluding carboxylic acids is 2. The van der Waals surface area contributed by atoms with Gasteiger partial charge in [0.05, 0.1) is 6.26 Å². The zero-order chi connectivity index (χ0) is 21.3. The summed E-state index contributed by atoms with van der Waals surface area (Å²) in [6.07, 6.45) is 1.44. The molecule has 1 aromatic heterocycles. The van der Waals surface area contributed by atoms with Crippen molar-refractivity contribution >= 4 is 17.5 Å². The topological polar surface area (TPSA) is 83.8 Å². The summed E-state index contributed by atoms with van der Waals surface area (Å²) in [5.41, 5.74) is 2.07. The summed E-state index contributed by atoms with van der Waals surface area (Å²) in [5.74, 6) is 0.501. The van der Waals surface area contributed by atoms with Crippen molar-refractivity contribution in [2.24, 2.45) is 0 Å². The number of likely N-dealkylation sites (N-methyl/N-ethyl adjacent to an activating group) is 1. The van der Waals surface area contributed by atoms with Gasteiger partial charge in [0.25, 0.3) is 11.8 Å². The van der Waals surface area contributed by atoms with Crippen molar-refractivity contribution < 1.29 is 18.7 Å². The van der Waals surface area contributed by atoms with Gasteiger partial charge in [-0.05, 0) is 68.2 Å². The standard InChI is InChI=1S/C23H25N3O4/c1-26(2)13-15-29-20-11-5-17(6-12-20)16-24-22(27)18-7-9-19(10-8-18)25-23(28)21-4-3-14-30-21/h3-12,14H,13,15-16H2,1-2H3,(H,24,27)(H,25,28). The summed E-state index contributed by atoms with van der Waals surface area (Å²) in [6, 6.07) is 17.6. The minimum absolute atomic E-state index is 0.190. The molecule has 7 nitrogen and oxygen atoms in total. The van der Waals surface area contributed by atoms with Crippen molar-refractivity contribution in [3.05, 3.63) is 83.8 Å². The zero-order valence-electron chi connectivity index (χ0n) is 17.1. The molecule has 0 spiro atoms. The van der Waals surface area contributed by atoms with Crippen LogP contribution in [-0.2, 0) is 6.54 Å². The summed E-state index contributed by atoms with van der Waals surface area (Å²) < 4.78 is 10.7. The van der Waals surface area contributed by atoms with E-state index in [1.165, 1.54) is 6.26 Å². The summed E-state index contributed by atoms with van der Waals surface area (Å²) in [4.78, 5) is 26.4. The van der Waals surface area contributed by atoms with E-state index in [-0.39, 0.29) is 17.6 Å². The normalized spacial score (nSPS) is 10.6. The number of nitrogens with zero attached hydrogens (tertiary/aromatic N) is 1. The Morgan fingerprint density at radius 3 is 2.33 bits per heavy atom. The second kappa shape index (κ2) is 10.3. The highest BCUT2D eigenvalue weighted by Gasteiger charge is 2.10. The molecule has 7 heteroatoms. The van der Waals surface area contributed by atoms with Crippen molar-refractivity contribution in [2.45, 2.75) is 6.54 Å². The predicted molar refractivity (Wildman–Crippen MR) is 115 cm³/mol. The molecule has 0 aliphatic carbocycles. The van der Waals surface area contributed by atoms with Crippen molar-refractivity contribution in [1.82, 2.24) is 10.2 Å². The number of ether oxygens (including phenoxy) is 1. The number of hydrogen-bond acceptors (Lipinski definition) is 5. The highest BCUT2D eigenvalue weighted by atomic mass is 16.5. The molecule has 0 aliphatic rings. The van der Waals surface area contributed by atoms with Crippen LogP contribution < -0.4 is 15.4 Å². The Kier molecular flexibility index (Phi) is 7.24. The fourth-order valence-electron chi connectivity index (χ4n) is 2.64. The number of hydrogen-bond donors (Lipinski definition) is 2. The summed E-state index contributed by atoms with van der Waals surface area (Å²) >= 11 is 0. The van der Waals surface area contributed by atoms with E-state index in [4.69, 9.17) is 9.15 Å². The molecule has 1 heterocycles. The number of furan rings is 1. The van der Waals surface area contributed by atoms with Crippen LogP contribution in [-0.4, -0.2) is 44.0 Å². The smallest absolute Gasteiger partial charge is 0.291 e. The largest absolute Gasteiger partial charge is 0.492 e. The minimum atomic E-state index is -0.341. The van der Waals surface area contributed by atoms with Gasteiger partial charge in [0.1, 0.15) is 12.4 Å². The van der Waals surface area contributed by atoms with Crippen LogP contribution in [0.4, 0.5) is 5.69 Å². The second-order valence-corrected chi connectivity index (χ2v) is 6.99. The van der Waals surface area contributed by atoms with Crippen molar-refractivity contribution in [1.29, 1.82) is 0 Å². The first-order valence-electron chi connectivity index (χ1n) is 9.61. The van der Waals surface area contributed by atoms with E-state index in [1.807, 2.05) is 38.4 Å². The maximum atomic E-state index is 12.4. The third-order valence-electron chi connectivity index (χ3n) is 4.33. The molecule has 0 aliphatic heterocycles. The quantitative estimate of drug-likeness (QED) is 0.568. The fourth-order valence-corrected chi connectivity index (χ4v) is 2.64. The molecule has 0 fully saturated rings. The number of anilines is 1. The van der Waals surface area contributed by atoms with Gasteiger partial charge in [-0.3, -0.25) is 9.59 Å². The van der Waals surface area contributed by atoms with Crippen molar-refractivity contribution in [2.75, 3.05) is 32.6 Å². The van der Waals surface area contributed by atoms with Crippen LogP contribution in [0.1, 0.15) is 26.5 Å². The second-order valence-electron chi connectivity index (χ2n) is 6.99. The average molecular weight is 407 g/mol. The third-order valence-corrected chi connectivity index (χ3v) is 4.33. The lowest BCUT2D eigenvalue weighted by Gasteiger charge is -2.11. The number of nitrogens with one attached hydrogen (secondary N) is 2. The molecule has 0 saturated carbocycles. The van der Waals surface area contributed by atoms with Crippen molar-refractivity contribution in [3.8, 4) is 5.75 Å². The fraction of sp³-hybridized carbons (Fsp3) is 0.217. The first-order chi connectivity index (χ1) is 14.5. The van der Waals surface area contributed by atoms with Crippen LogP contribution in [0.2, 0.25) is 0 Å². The van der Waals surface area contributed by atoms with E-state index in [9.17, 15) is 9.59 Å². The highest BCUT2D eigenvalue weighted by molar-refractivity contribution is 6.02. The van der Waals surface area contributed by atoms with E-state index in [0.717, 1.165) is 17.9 Å². The summed E-state index contributed by atoms with van der Waals surface area (Å²) in [6.45, 7) is 1.89. The number of amides is 2. The molecule has 2 aromatic carbocycles. The number of rotatable bonds is 9. The van der Waals surface area contributed by atoms with E-state index in [1.54, 1.807) is 36.4 Å². The van der Waals surface area contributed by atoms with Gasteiger partial charge in [0.15, 0.2) is 5.76 Å². The molecule has 156 valence electrons. The zero-order valence-corrected chi connectivity index (χ0v) is 17.1. The highest BCUT2D eigenvalue weighted by Crippen LogP contribution is 2.14. The molecule has 2 amide bonds. The first kappa shape index (κ1) is 21.1. The lowest BCUT2D eigenvalue weighted by molar-refractivity contribution is 0.0950. The monoisotopic (exact) mass is 407 g/mol. The van der Waals surface area contributed by atoms with Crippen LogP contribution in [0.15, 0.2) is 71.3 Å². The average Bonchev–Trinajstić information content (AvgIpc) is 3.28. The predicted octanol–water partition coefficient (Wildman–Crippen LogP) is 3.40. The molecule has 0 unspecified atom stereocenters. The SMILES string of the molecule is CN(C)CCOc1ccc(CNC(=O)c2ccc(NC(=O)c3ccco3)cc2)cc1. The number of benzene rings is 2. The Balaban J connectivity index is 1.47. The van der Waals surface area contributed by atoms with Crippen molar-refractivity contribution in [3.63, 3.8) is 0 Å². The van der Waals surface area contributed by atoms with Gasteiger partial charge in [0.2, 0.25) is 0 Å². The molecule has 30 heavy (non-hydrogen) atoms. The molecule has 0 saturated heterocycles. The lowest BCUT2D eigenvalue weighted by Crippen LogP contribution is -2.22. The first-order valence-corrected chi connectivity index (χ1v) is 9.61. The van der Waals surface area contributed by atoms with Crippen LogP contribution in [0, 0.1) is 0 Å². The maximum Gasteiger partial charge on any atom is 0.291 e. The Morgan fingerprint density at radius 2 is 1.70 bits per heavy atom. The Hall–Kier alpha value is -3.58. The minimum Gasteiger partial charge on any atom is -0.492 e. The van der Waals surface area contributed by atoms with E-state index in [2.05, 4.69) is 15.5 Å². The third kappa shape index (κ3) is 6.22.